The average Bonchev–Trinajstić information content (AvgIpc) is 2.35. The van der Waals surface area contributed by atoms with Crippen molar-refractivity contribution in [1.29, 1.82) is 0 Å². The van der Waals surface area contributed by atoms with E-state index in [9.17, 15) is 4.39 Å². The first kappa shape index (κ1) is 7.36. The summed E-state index contributed by atoms with van der Waals surface area (Å²) < 4.78 is 12.8. The minimum Gasteiger partial charge on any atom is -0.382 e. The van der Waals surface area contributed by atoms with Crippen LogP contribution in [0.1, 0.15) is 0 Å². The number of aromatic nitrogens is 2. The Balaban J connectivity index is 2.87. The van der Waals surface area contributed by atoms with E-state index in [2.05, 4.69) is 10.2 Å². The molecule has 12 heavy (non-hydrogen) atoms. The summed E-state index contributed by atoms with van der Waals surface area (Å²) >= 11 is 5.54. The van der Waals surface area contributed by atoms with Gasteiger partial charge in [0.2, 0.25) is 0 Å². The summed E-state index contributed by atoms with van der Waals surface area (Å²) in [6.45, 7) is 0. The number of nitrogens with two attached hydrogens (primary N) is 1. The molecule has 0 aliphatic heterocycles. The highest BCUT2D eigenvalue weighted by Crippen LogP contribution is 2.24. The van der Waals surface area contributed by atoms with Gasteiger partial charge in [-0.25, -0.2) is 4.39 Å². The number of halogens is 2. The molecular formula is C7H5ClFN3. The fraction of sp³-hybridized carbons (Fsp3) is 0. The maximum absolute atomic E-state index is 12.8. The Morgan fingerprint density at radius 3 is 3.00 bits per heavy atom. The second-order valence-electron chi connectivity index (χ2n) is 2.42. The van der Waals surface area contributed by atoms with Crippen LogP contribution in [0, 0.1) is 5.82 Å². The molecule has 0 saturated heterocycles. The second kappa shape index (κ2) is 2.35. The Hall–Kier alpha value is -1.29. The molecule has 0 aliphatic carbocycles. The van der Waals surface area contributed by atoms with Crippen LogP contribution in [0.4, 0.5) is 10.2 Å². The molecule has 0 atom stereocenters. The largest absolute Gasteiger partial charge is 0.382 e. The molecule has 62 valence electrons. The molecule has 3 N–H and O–H groups in total. The molecule has 0 amide bonds. The molecule has 3 nitrogen and oxygen atoms in total. The Kier molecular flexibility index (Phi) is 1.44. The van der Waals surface area contributed by atoms with Crippen LogP contribution in [0.25, 0.3) is 10.9 Å². The molecule has 1 aromatic heterocycles. The third-order valence-electron chi connectivity index (χ3n) is 1.63. The van der Waals surface area contributed by atoms with Gasteiger partial charge in [0.05, 0.1) is 10.5 Å². The van der Waals surface area contributed by atoms with Crippen molar-refractivity contribution in [3.63, 3.8) is 0 Å². The van der Waals surface area contributed by atoms with Gasteiger partial charge in [0.25, 0.3) is 0 Å². The molecule has 0 radical (unpaired) electrons. The zero-order chi connectivity index (χ0) is 8.72. The third-order valence-corrected chi connectivity index (χ3v) is 1.92. The topological polar surface area (TPSA) is 54.7 Å². The molecule has 0 unspecified atom stereocenters. The van der Waals surface area contributed by atoms with Crippen LogP contribution in [0.15, 0.2) is 12.1 Å². The number of fused-ring (bicyclic) bond motifs is 1. The van der Waals surface area contributed by atoms with E-state index in [-0.39, 0.29) is 5.02 Å². The normalized spacial score (nSPS) is 10.8. The van der Waals surface area contributed by atoms with Crippen LogP contribution in [0.2, 0.25) is 5.02 Å². The van der Waals surface area contributed by atoms with Gasteiger partial charge in [-0.2, -0.15) is 5.10 Å². The number of hydrogen-bond donors (Lipinski definition) is 2. The maximum Gasteiger partial charge on any atom is 0.153 e. The quantitative estimate of drug-likeness (QED) is 0.659. The predicted molar refractivity (Wildman–Crippen MR) is 45.5 cm³/mol. The maximum atomic E-state index is 12.8. The van der Waals surface area contributed by atoms with E-state index >= 15 is 0 Å². The van der Waals surface area contributed by atoms with Crippen molar-refractivity contribution in [1.82, 2.24) is 10.2 Å². The smallest absolute Gasteiger partial charge is 0.153 e. The van der Waals surface area contributed by atoms with E-state index in [1.807, 2.05) is 0 Å². The van der Waals surface area contributed by atoms with E-state index in [1.54, 1.807) is 0 Å². The lowest BCUT2D eigenvalue weighted by molar-refractivity contribution is 0.630. The lowest BCUT2D eigenvalue weighted by Crippen LogP contribution is -1.84. The fourth-order valence-corrected chi connectivity index (χ4v) is 1.20. The molecule has 1 aromatic carbocycles. The Morgan fingerprint density at radius 2 is 2.25 bits per heavy atom. The summed E-state index contributed by atoms with van der Waals surface area (Å²) in [5.41, 5.74) is 6.02. The average molecular weight is 186 g/mol. The van der Waals surface area contributed by atoms with Crippen LogP contribution in [0.5, 0.6) is 0 Å². The van der Waals surface area contributed by atoms with Crippen LogP contribution in [0.3, 0.4) is 0 Å². The zero-order valence-electron chi connectivity index (χ0n) is 5.94. The second-order valence-corrected chi connectivity index (χ2v) is 2.83. The first-order valence-corrected chi connectivity index (χ1v) is 3.65. The van der Waals surface area contributed by atoms with Crippen molar-refractivity contribution >= 4 is 28.3 Å². The summed E-state index contributed by atoms with van der Waals surface area (Å²) in [6.07, 6.45) is 0. The van der Waals surface area contributed by atoms with E-state index < -0.39 is 5.82 Å². The molecule has 2 rings (SSSR count). The molecule has 5 heteroatoms. The lowest BCUT2D eigenvalue weighted by Gasteiger charge is -1.93. The monoisotopic (exact) mass is 185 g/mol. The first-order chi connectivity index (χ1) is 5.68. The van der Waals surface area contributed by atoms with Crippen molar-refractivity contribution < 1.29 is 4.39 Å². The minimum atomic E-state index is -0.479. The number of aromatic amines is 1. The Labute approximate surface area is 72.3 Å². The standard InChI is InChI=1S/C7H5ClFN3/c8-4-1-3-6(2-5(4)9)11-12-7(3)10/h1-2H,(H3,10,11,12). The Morgan fingerprint density at radius 1 is 1.50 bits per heavy atom. The van der Waals surface area contributed by atoms with Gasteiger partial charge in [0.15, 0.2) is 5.82 Å². The Bertz CT molecular complexity index is 437. The molecule has 1 heterocycles. The molecule has 0 aliphatic rings. The van der Waals surface area contributed by atoms with Gasteiger partial charge in [0, 0.05) is 11.5 Å². The van der Waals surface area contributed by atoms with Gasteiger partial charge in [-0.1, -0.05) is 11.6 Å². The predicted octanol–water partition coefficient (Wildman–Crippen LogP) is 1.94. The number of rotatable bonds is 0. The summed E-state index contributed by atoms with van der Waals surface area (Å²) in [7, 11) is 0. The van der Waals surface area contributed by atoms with Crippen molar-refractivity contribution in [2.45, 2.75) is 0 Å². The first-order valence-electron chi connectivity index (χ1n) is 3.27. The highest BCUT2D eigenvalue weighted by atomic mass is 35.5. The molecule has 0 fully saturated rings. The third kappa shape index (κ3) is 0.921. The van der Waals surface area contributed by atoms with Crippen LogP contribution in [-0.4, -0.2) is 10.2 Å². The van der Waals surface area contributed by atoms with Gasteiger partial charge < -0.3 is 5.73 Å². The van der Waals surface area contributed by atoms with E-state index in [0.717, 1.165) is 0 Å². The highest BCUT2D eigenvalue weighted by molar-refractivity contribution is 6.31. The lowest BCUT2D eigenvalue weighted by atomic mass is 10.2. The van der Waals surface area contributed by atoms with E-state index in [0.29, 0.717) is 16.7 Å². The summed E-state index contributed by atoms with van der Waals surface area (Å²) in [5.74, 6) is -0.153. The molecule has 2 aromatic rings. The number of nitrogens with zero attached hydrogens (tertiary/aromatic N) is 1. The highest BCUT2D eigenvalue weighted by Gasteiger charge is 2.06. The minimum absolute atomic E-state index is 0.0515. The number of benzene rings is 1. The molecule has 0 saturated carbocycles. The van der Waals surface area contributed by atoms with Crippen molar-refractivity contribution in [2.75, 3.05) is 5.73 Å². The number of H-pyrrole nitrogens is 1. The molecular weight excluding hydrogens is 181 g/mol. The number of hydrogen-bond acceptors (Lipinski definition) is 2. The van der Waals surface area contributed by atoms with Crippen LogP contribution < -0.4 is 5.73 Å². The van der Waals surface area contributed by atoms with Crippen LogP contribution >= 0.6 is 11.6 Å². The van der Waals surface area contributed by atoms with Crippen molar-refractivity contribution in [3.8, 4) is 0 Å². The van der Waals surface area contributed by atoms with E-state index in [4.69, 9.17) is 17.3 Å². The van der Waals surface area contributed by atoms with Crippen molar-refractivity contribution in [3.05, 3.63) is 23.0 Å². The molecule has 0 spiro atoms. The zero-order valence-corrected chi connectivity index (χ0v) is 6.69. The SMILES string of the molecule is Nc1n[nH]c2cc(F)c(Cl)cc12. The van der Waals surface area contributed by atoms with Gasteiger partial charge in [-0.3, -0.25) is 5.10 Å². The fourth-order valence-electron chi connectivity index (χ4n) is 1.03. The molecule has 0 bridgehead atoms. The summed E-state index contributed by atoms with van der Waals surface area (Å²) in [6, 6.07) is 2.71. The summed E-state index contributed by atoms with van der Waals surface area (Å²) in [4.78, 5) is 0. The number of nitrogen functional groups attached to an aromatic ring is 1. The van der Waals surface area contributed by atoms with Gasteiger partial charge in [-0.05, 0) is 6.07 Å². The van der Waals surface area contributed by atoms with Gasteiger partial charge >= 0.3 is 0 Å². The van der Waals surface area contributed by atoms with Gasteiger partial charge in [-0.15, -0.1) is 0 Å². The number of nitrogens with one attached hydrogen (secondary N) is 1. The summed E-state index contributed by atoms with van der Waals surface area (Å²) in [5, 5.41) is 6.98. The van der Waals surface area contributed by atoms with Crippen molar-refractivity contribution in [2.24, 2.45) is 0 Å². The number of anilines is 1. The van der Waals surface area contributed by atoms with Gasteiger partial charge in [0.1, 0.15) is 5.82 Å². The van der Waals surface area contributed by atoms with E-state index in [1.165, 1.54) is 12.1 Å². The van der Waals surface area contributed by atoms with Crippen LogP contribution in [-0.2, 0) is 0 Å².